The molecule has 3 fully saturated rings. The minimum atomic E-state index is 0.0232. The van der Waals surface area contributed by atoms with Crippen molar-refractivity contribution in [3.05, 3.63) is 48.6 Å². The summed E-state index contributed by atoms with van der Waals surface area (Å²) in [6.45, 7) is 4.66. The lowest BCUT2D eigenvalue weighted by Gasteiger charge is -2.53. The first-order valence-corrected chi connectivity index (χ1v) is 11.4. The molecule has 2 saturated heterocycles. The summed E-state index contributed by atoms with van der Waals surface area (Å²) in [5, 5.41) is 3.38. The first kappa shape index (κ1) is 20.2. The first-order chi connectivity index (χ1) is 14.1. The first-order valence-electron chi connectivity index (χ1n) is 11.4. The fourth-order valence-electron chi connectivity index (χ4n) is 6.36. The Morgan fingerprint density at radius 2 is 2.03 bits per heavy atom. The molecular formula is C25H34N2O2. The second-order valence-electron chi connectivity index (χ2n) is 9.14. The van der Waals surface area contributed by atoms with Crippen LogP contribution in [0.15, 0.2) is 43.0 Å². The lowest BCUT2D eigenvalue weighted by atomic mass is 9.61. The lowest BCUT2D eigenvalue weighted by molar-refractivity contribution is -0.139. The van der Waals surface area contributed by atoms with Gasteiger partial charge in [0.1, 0.15) is 0 Å². The molecule has 1 saturated carbocycles. The Labute approximate surface area is 174 Å². The van der Waals surface area contributed by atoms with Gasteiger partial charge < -0.3 is 10.2 Å². The molecule has 0 unspecified atom stereocenters. The Kier molecular flexibility index (Phi) is 6.07. The van der Waals surface area contributed by atoms with E-state index in [4.69, 9.17) is 0 Å². The molecule has 1 aromatic rings. The third-order valence-corrected chi connectivity index (χ3v) is 7.58. The number of nitrogens with zero attached hydrogens (tertiary/aromatic N) is 1. The monoisotopic (exact) mass is 394 g/mol. The third kappa shape index (κ3) is 3.99. The van der Waals surface area contributed by atoms with Crippen molar-refractivity contribution >= 4 is 11.8 Å². The largest absolute Gasteiger partial charge is 0.353 e. The van der Waals surface area contributed by atoms with Gasteiger partial charge in [0.15, 0.2) is 0 Å². The van der Waals surface area contributed by atoms with Gasteiger partial charge in [-0.15, -0.1) is 6.58 Å². The molecule has 29 heavy (non-hydrogen) atoms. The van der Waals surface area contributed by atoms with Gasteiger partial charge >= 0.3 is 0 Å². The van der Waals surface area contributed by atoms with Gasteiger partial charge in [0.2, 0.25) is 11.8 Å². The summed E-state index contributed by atoms with van der Waals surface area (Å²) < 4.78 is 0. The summed E-state index contributed by atoms with van der Waals surface area (Å²) >= 11 is 0. The van der Waals surface area contributed by atoms with Crippen molar-refractivity contribution in [2.45, 2.75) is 75.8 Å². The molecule has 0 bridgehead atoms. The quantitative estimate of drug-likeness (QED) is 0.733. The smallest absolute Gasteiger partial charge is 0.223 e. The van der Waals surface area contributed by atoms with Crippen LogP contribution < -0.4 is 5.32 Å². The number of amides is 2. The van der Waals surface area contributed by atoms with E-state index in [1.54, 1.807) is 0 Å². The van der Waals surface area contributed by atoms with E-state index in [0.29, 0.717) is 30.6 Å². The van der Waals surface area contributed by atoms with E-state index >= 15 is 0 Å². The molecule has 1 aromatic carbocycles. The SMILES string of the molecule is C=CCCC(=O)N[C@H]1CC[C@@]23CCCN2C(=O)CCC[C@H]3[C@H]1Cc1ccccc1. The summed E-state index contributed by atoms with van der Waals surface area (Å²) in [6.07, 6.45) is 11.0. The van der Waals surface area contributed by atoms with Gasteiger partial charge in [-0.3, -0.25) is 9.59 Å². The van der Waals surface area contributed by atoms with Crippen LogP contribution in [0, 0.1) is 11.8 Å². The van der Waals surface area contributed by atoms with Crippen molar-refractivity contribution in [3.63, 3.8) is 0 Å². The van der Waals surface area contributed by atoms with Crippen LogP contribution >= 0.6 is 0 Å². The van der Waals surface area contributed by atoms with Gasteiger partial charge in [0.05, 0.1) is 0 Å². The molecule has 2 heterocycles. The highest BCUT2D eigenvalue weighted by molar-refractivity contribution is 5.78. The Bertz CT molecular complexity index is 746. The zero-order valence-corrected chi connectivity index (χ0v) is 17.4. The van der Waals surface area contributed by atoms with E-state index in [0.717, 1.165) is 57.9 Å². The fourth-order valence-corrected chi connectivity index (χ4v) is 6.36. The van der Waals surface area contributed by atoms with E-state index in [-0.39, 0.29) is 17.5 Å². The number of hydrogen-bond acceptors (Lipinski definition) is 2. The highest BCUT2D eigenvalue weighted by Crippen LogP contribution is 2.52. The topological polar surface area (TPSA) is 49.4 Å². The zero-order valence-electron chi connectivity index (χ0n) is 17.4. The second kappa shape index (κ2) is 8.73. The van der Waals surface area contributed by atoms with E-state index in [2.05, 4.69) is 47.1 Å². The maximum atomic E-state index is 12.8. The van der Waals surface area contributed by atoms with Crippen LogP contribution in [0.25, 0.3) is 0 Å². The summed E-state index contributed by atoms with van der Waals surface area (Å²) in [7, 11) is 0. The average molecular weight is 395 g/mol. The number of carbonyl (C=O) groups is 2. The van der Waals surface area contributed by atoms with Gasteiger partial charge in [0, 0.05) is 31.0 Å². The maximum Gasteiger partial charge on any atom is 0.223 e. The number of allylic oxidation sites excluding steroid dienone is 1. The molecule has 1 aliphatic carbocycles. The van der Waals surface area contributed by atoms with Crippen LogP contribution in [-0.2, 0) is 16.0 Å². The third-order valence-electron chi connectivity index (χ3n) is 7.58. The molecule has 0 radical (unpaired) electrons. The summed E-state index contributed by atoms with van der Waals surface area (Å²) in [6, 6.07) is 10.9. The van der Waals surface area contributed by atoms with Crippen molar-refractivity contribution in [1.29, 1.82) is 0 Å². The highest BCUT2D eigenvalue weighted by atomic mass is 16.2. The minimum Gasteiger partial charge on any atom is -0.353 e. The molecule has 4 heteroatoms. The van der Waals surface area contributed by atoms with Crippen LogP contribution in [0.5, 0.6) is 0 Å². The van der Waals surface area contributed by atoms with Crippen LogP contribution in [-0.4, -0.2) is 34.8 Å². The van der Waals surface area contributed by atoms with Gasteiger partial charge in [-0.05, 0) is 68.8 Å². The molecule has 0 aromatic heterocycles. The molecule has 1 N–H and O–H groups in total. The van der Waals surface area contributed by atoms with Crippen LogP contribution in [0.3, 0.4) is 0 Å². The molecule has 1 spiro atoms. The predicted molar refractivity (Wildman–Crippen MR) is 115 cm³/mol. The standard InChI is InChI=1S/C25H34N2O2/c1-2-3-12-23(28)26-22-14-16-25-15-8-17-27(25)24(29)13-7-11-21(25)20(22)18-19-9-5-4-6-10-19/h2,4-6,9-10,20-22H,1,3,7-8,11-18H2,(H,26,28)/t20-,21+,22+,25-/m1/s1. The summed E-state index contributed by atoms with van der Waals surface area (Å²) in [5.41, 5.74) is 1.36. The zero-order chi connectivity index (χ0) is 20.3. The van der Waals surface area contributed by atoms with E-state index < -0.39 is 0 Å². The molecule has 3 aliphatic rings. The Morgan fingerprint density at radius 1 is 1.21 bits per heavy atom. The molecule has 4 nitrogen and oxygen atoms in total. The van der Waals surface area contributed by atoms with Gasteiger partial charge in [-0.25, -0.2) is 0 Å². The molecule has 4 atom stereocenters. The molecule has 2 aliphatic heterocycles. The van der Waals surface area contributed by atoms with Crippen LogP contribution in [0.1, 0.15) is 63.4 Å². The summed E-state index contributed by atoms with van der Waals surface area (Å²) in [5.74, 6) is 1.34. The Morgan fingerprint density at radius 3 is 2.83 bits per heavy atom. The van der Waals surface area contributed by atoms with E-state index in [1.807, 2.05) is 6.08 Å². The molecule has 2 amide bonds. The van der Waals surface area contributed by atoms with Crippen LogP contribution in [0.2, 0.25) is 0 Å². The van der Waals surface area contributed by atoms with Crippen molar-refractivity contribution < 1.29 is 9.59 Å². The Hall–Kier alpha value is -2.10. The fraction of sp³-hybridized carbons (Fsp3) is 0.600. The van der Waals surface area contributed by atoms with Gasteiger partial charge in [-0.2, -0.15) is 0 Å². The number of rotatable bonds is 6. The van der Waals surface area contributed by atoms with Crippen molar-refractivity contribution in [2.24, 2.45) is 11.8 Å². The van der Waals surface area contributed by atoms with Crippen molar-refractivity contribution in [3.8, 4) is 0 Å². The number of benzene rings is 1. The highest BCUT2D eigenvalue weighted by Gasteiger charge is 2.56. The van der Waals surface area contributed by atoms with E-state index in [1.165, 1.54) is 5.56 Å². The lowest BCUT2D eigenvalue weighted by Crippen LogP contribution is -2.60. The normalized spacial score (nSPS) is 31.5. The summed E-state index contributed by atoms with van der Waals surface area (Å²) in [4.78, 5) is 27.6. The number of nitrogens with one attached hydrogen (secondary N) is 1. The number of carbonyl (C=O) groups excluding carboxylic acids is 2. The molecule has 4 rings (SSSR count). The maximum absolute atomic E-state index is 12.8. The molecule has 156 valence electrons. The molecular weight excluding hydrogens is 360 g/mol. The van der Waals surface area contributed by atoms with Crippen molar-refractivity contribution in [1.82, 2.24) is 10.2 Å². The van der Waals surface area contributed by atoms with Crippen LogP contribution in [0.4, 0.5) is 0 Å². The second-order valence-corrected chi connectivity index (χ2v) is 9.14. The Balaban J connectivity index is 1.63. The predicted octanol–water partition coefficient (Wildman–Crippen LogP) is 4.25. The number of hydrogen-bond donors (Lipinski definition) is 1. The van der Waals surface area contributed by atoms with Gasteiger partial charge in [0.25, 0.3) is 0 Å². The van der Waals surface area contributed by atoms with E-state index in [9.17, 15) is 9.59 Å². The average Bonchev–Trinajstić information content (AvgIpc) is 3.10. The minimum absolute atomic E-state index is 0.0232. The van der Waals surface area contributed by atoms with Crippen molar-refractivity contribution in [2.75, 3.05) is 6.54 Å². The van der Waals surface area contributed by atoms with Gasteiger partial charge in [-0.1, -0.05) is 36.4 Å².